The molecule has 0 bridgehead atoms. The van der Waals surface area contributed by atoms with Crippen molar-refractivity contribution >= 4 is 5.97 Å². The van der Waals surface area contributed by atoms with Gasteiger partial charge in [0, 0.05) is 6.07 Å². The van der Waals surface area contributed by atoms with E-state index in [0.717, 1.165) is 30.4 Å². The van der Waals surface area contributed by atoms with Crippen molar-refractivity contribution in [3.05, 3.63) is 83.5 Å². The summed E-state index contributed by atoms with van der Waals surface area (Å²) in [6.07, 6.45) is 15.1. The second-order valence-electron chi connectivity index (χ2n) is 9.73. The quantitative estimate of drug-likeness (QED) is 0.229. The van der Waals surface area contributed by atoms with Crippen LogP contribution in [0.15, 0.2) is 60.7 Å². The van der Waals surface area contributed by atoms with Gasteiger partial charge in [-0.1, -0.05) is 30.4 Å². The molecule has 2 aliphatic rings. The van der Waals surface area contributed by atoms with E-state index in [1.807, 2.05) is 13.0 Å². The van der Waals surface area contributed by atoms with Gasteiger partial charge in [0.05, 0.1) is 5.56 Å². The molecular weight excluding hydrogens is 446 g/mol. The van der Waals surface area contributed by atoms with E-state index in [4.69, 9.17) is 9.47 Å². The predicted molar refractivity (Wildman–Crippen MR) is 134 cm³/mol. The standard InChI is InChI=1S/C30H34F2O3/c1-3-5-15-34-29-14-12-25(19-28(29)32)35-30(33)26-13-11-24(18-27(26)31)23-10-9-21-16-20(6-4-2)7-8-22(21)17-23/h3-6,11-14,18-23H,7-10,15-17H2,1-2H3/b5-3+,6-4+. The number of hydrogen-bond acceptors (Lipinski definition) is 3. The van der Waals surface area contributed by atoms with Crippen molar-refractivity contribution in [2.75, 3.05) is 6.61 Å². The first-order valence-electron chi connectivity index (χ1n) is 12.7. The molecule has 0 radical (unpaired) electrons. The van der Waals surface area contributed by atoms with Gasteiger partial charge in [-0.2, -0.15) is 0 Å². The number of carbonyl (C=O) groups excluding carboxylic acids is 1. The molecule has 0 saturated heterocycles. The third kappa shape index (κ3) is 6.19. The Morgan fingerprint density at radius 3 is 2.49 bits per heavy atom. The minimum absolute atomic E-state index is 0.00111. The third-order valence-electron chi connectivity index (χ3n) is 7.49. The molecule has 2 aromatic rings. The number of carbonyl (C=O) groups is 1. The molecule has 4 rings (SSSR count). The molecule has 2 saturated carbocycles. The topological polar surface area (TPSA) is 35.5 Å². The van der Waals surface area contributed by atoms with Gasteiger partial charge in [0.1, 0.15) is 18.2 Å². The van der Waals surface area contributed by atoms with Gasteiger partial charge in [-0.25, -0.2) is 13.6 Å². The number of halogens is 2. The minimum Gasteiger partial charge on any atom is -0.486 e. The fourth-order valence-corrected chi connectivity index (χ4v) is 5.68. The maximum Gasteiger partial charge on any atom is 0.346 e. The highest BCUT2D eigenvalue weighted by atomic mass is 19.1. The maximum atomic E-state index is 14.9. The van der Waals surface area contributed by atoms with Crippen molar-refractivity contribution in [1.82, 2.24) is 0 Å². The molecule has 0 aromatic heterocycles. The highest BCUT2D eigenvalue weighted by Gasteiger charge is 2.35. The number of rotatable bonds is 7. The van der Waals surface area contributed by atoms with Crippen molar-refractivity contribution in [1.29, 1.82) is 0 Å². The second-order valence-corrected chi connectivity index (χ2v) is 9.73. The largest absolute Gasteiger partial charge is 0.486 e. The maximum absolute atomic E-state index is 14.9. The van der Waals surface area contributed by atoms with E-state index in [1.165, 1.54) is 49.9 Å². The van der Waals surface area contributed by atoms with Gasteiger partial charge in [0.15, 0.2) is 11.6 Å². The van der Waals surface area contributed by atoms with Crippen LogP contribution < -0.4 is 9.47 Å². The summed E-state index contributed by atoms with van der Waals surface area (Å²) < 4.78 is 39.7. The molecule has 0 amide bonds. The first kappa shape index (κ1) is 25.2. The Bertz CT molecular complexity index is 1090. The number of esters is 1. The summed E-state index contributed by atoms with van der Waals surface area (Å²) in [5.41, 5.74) is 0.796. The molecule has 0 spiro atoms. The zero-order valence-corrected chi connectivity index (χ0v) is 20.5. The van der Waals surface area contributed by atoms with E-state index in [9.17, 15) is 13.6 Å². The van der Waals surface area contributed by atoms with Gasteiger partial charge in [0.25, 0.3) is 0 Å². The summed E-state index contributed by atoms with van der Waals surface area (Å²) in [7, 11) is 0. The summed E-state index contributed by atoms with van der Waals surface area (Å²) in [5.74, 6) is 0.452. The summed E-state index contributed by atoms with van der Waals surface area (Å²) in [6.45, 7) is 4.17. The van der Waals surface area contributed by atoms with Gasteiger partial charge in [0.2, 0.25) is 0 Å². The van der Waals surface area contributed by atoms with Crippen LogP contribution in [-0.4, -0.2) is 12.6 Å². The lowest BCUT2D eigenvalue weighted by Gasteiger charge is -2.41. The number of fused-ring (bicyclic) bond motifs is 1. The molecule has 4 unspecified atom stereocenters. The Labute approximate surface area is 206 Å². The molecule has 0 heterocycles. The third-order valence-corrected chi connectivity index (χ3v) is 7.49. The van der Waals surface area contributed by atoms with Crippen molar-refractivity contribution in [3.63, 3.8) is 0 Å². The van der Waals surface area contributed by atoms with Gasteiger partial charge < -0.3 is 9.47 Å². The summed E-state index contributed by atoms with van der Waals surface area (Å²) >= 11 is 0. The van der Waals surface area contributed by atoms with Crippen LogP contribution in [-0.2, 0) is 0 Å². The molecule has 4 atom stereocenters. The lowest BCUT2D eigenvalue weighted by Crippen LogP contribution is -2.30. The van der Waals surface area contributed by atoms with Gasteiger partial charge in [-0.3, -0.25) is 0 Å². The van der Waals surface area contributed by atoms with Gasteiger partial charge >= 0.3 is 5.97 Å². The Morgan fingerprint density at radius 1 is 0.943 bits per heavy atom. The molecule has 2 fully saturated rings. The van der Waals surface area contributed by atoms with Crippen LogP contribution in [0, 0.1) is 29.4 Å². The van der Waals surface area contributed by atoms with E-state index < -0.39 is 17.6 Å². The Morgan fingerprint density at radius 2 is 1.74 bits per heavy atom. The van der Waals surface area contributed by atoms with E-state index in [0.29, 0.717) is 17.8 Å². The lowest BCUT2D eigenvalue weighted by molar-refractivity contribution is 0.0729. The molecule has 0 N–H and O–H groups in total. The van der Waals surface area contributed by atoms with Crippen LogP contribution in [0.5, 0.6) is 11.5 Å². The average Bonchev–Trinajstić information content (AvgIpc) is 2.85. The highest BCUT2D eigenvalue weighted by molar-refractivity contribution is 5.91. The van der Waals surface area contributed by atoms with Crippen LogP contribution in [0.2, 0.25) is 0 Å². The number of ether oxygens (including phenoxy) is 2. The predicted octanol–water partition coefficient (Wildman–Crippen LogP) is 8.02. The molecule has 186 valence electrons. The smallest absolute Gasteiger partial charge is 0.346 e. The number of hydrogen-bond donors (Lipinski definition) is 0. The second kappa shape index (κ2) is 11.7. The zero-order chi connectivity index (χ0) is 24.8. The van der Waals surface area contributed by atoms with Crippen LogP contribution in [0.1, 0.15) is 74.2 Å². The van der Waals surface area contributed by atoms with Crippen LogP contribution in [0.4, 0.5) is 8.78 Å². The van der Waals surface area contributed by atoms with E-state index in [1.54, 1.807) is 12.2 Å². The van der Waals surface area contributed by atoms with Gasteiger partial charge in [-0.15, -0.1) is 0 Å². The van der Waals surface area contributed by atoms with Crippen LogP contribution >= 0.6 is 0 Å². The number of allylic oxidation sites excluding steroid dienone is 3. The van der Waals surface area contributed by atoms with E-state index in [-0.39, 0.29) is 23.7 Å². The van der Waals surface area contributed by atoms with Crippen LogP contribution in [0.3, 0.4) is 0 Å². The van der Waals surface area contributed by atoms with Crippen molar-refractivity contribution in [2.24, 2.45) is 17.8 Å². The van der Waals surface area contributed by atoms with Gasteiger partial charge in [-0.05, 0) is 106 Å². The fourth-order valence-electron chi connectivity index (χ4n) is 5.68. The normalized spacial score (nSPS) is 24.5. The summed E-state index contributed by atoms with van der Waals surface area (Å²) in [4.78, 5) is 12.6. The van der Waals surface area contributed by atoms with Crippen molar-refractivity contribution in [3.8, 4) is 11.5 Å². The lowest BCUT2D eigenvalue weighted by atomic mass is 9.64. The van der Waals surface area contributed by atoms with Crippen LogP contribution in [0.25, 0.3) is 0 Å². The summed E-state index contributed by atoms with van der Waals surface area (Å²) in [6, 6.07) is 8.71. The minimum atomic E-state index is -0.845. The molecule has 2 aliphatic carbocycles. The summed E-state index contributed by atoms with van der Waals surface area (Å²) in [5, 5.41) is 0. The zero-order valence-electron chi connectivity index (χ0n) is 20.5. The number of benzene rings is 2. The molecule has 35 heavy (non-hydrogen) atoms. The van der Waals surface area contributed by atoms with Crippen molar-refractivity contribution < 1.29 is 23.0 Å². The Balaban J connectivity index is 1.38. The van der Waals surface area contributed by atoms with E-state index in [2.05, 4.69) is 19.1 Å². The molecule has 2 aromatic carbocycles. The first-order chi connectivity index (χ1) is 17.0. The Hall–Kier alpha value is -2.95. The first-order valence-corrected chi connectivity index (χ1v) is 12.7. The molecule has 5 heteroatoms. The SMILES string of the molecule is C/C=C/COc1ccc(OC(=O)c2ccc(C3CCC4CC(/C=C/C)CCC4C3)cc2F)cc1F. The van der Waals surface area contributed by atoms with E-state index >= 15 is 0 Å². The molecular formula is C30H34F2O3. The Kier molecular flexibility index (Phi) is 8.37. The molecule has 3 nitrogen and oxygen atoms in total. The van der Waals surface area contributed by atoms with Crippen molar-refractivity contribution in [2.45, 2.75) is 58.3 Å². The average molecular weight is 481 g/mol. The fraction of sp³-hybridized carbons (Fsp3) is 0.433. The highest BCUT2D eigenvalue weighted by Crippen LogP contribution is 2.48. The monoisotopic (exact) mass is 480 g/mol. The molecule has 0 aliphatic heterocycles.